The number of aliphatic hydroxyl groups excluding tert-OH is 1. The van der Waals surface area contributed by atoms with E-state index in [1.54, 1.807) is 0 Å². The third-order valence-electron chi connectivity index (χ3n) is 8.21. The molecule has 3 atom stereocenters. The fraction of sp³-hybridized carbons (Fsp3) is 0.574. The van der Waals surface area contributed by atoms with Crippen LogP contribution < -0.4 is 5.73 Å². The summed E-state index contributed by atoms with van der Waals surface area (Å²) in [5.74, 6) is -0.968. The average Bonchev–Trinajstić information content (AvgIpc) is 3.21. The van der Waals surface area contributed by atoms with Crippen LogP contribution in [0.25, 0.3) is 0 Å². The predicted molar refractivity (Wildman–Crippen MR) is 239 cm³/mol. The Labute approximate surface area is 351 Å². The van der Waals surface area contributed by atoms with Crippen LogP contribution in [0.5, 0.6) is 0 Å². The van der Waals surface area contributed by atoms with Gasteiger partial charge in [0.2, 0.25) is 0 Å². The van der Waals surface area contributed by atoms with E-state index in [-0.39, 0.29) is 38.7 Å². The molecule has 0 heterocycles. The molecule has 0 radical (unpaired) electrons. The molecule has 0 bridgehead atoms. The van der Waals surface area contributed by atoms with E-state index in [1.165, 1.54) is 0 Å². The Morgan fingerprint density at radius 1 is 0.603 bits per heavy atom. The molecule has 4 N–H and O–H groups in total. The molecule has 0 aliphatic heterocycles. The third kappa shape index (κ3) is 40.8. The summed E-state index contributed by atoms with van der Waals surface area (Å²) in [5.41, 5.74) is 5.34. The average molecular weight is 830 g/mol. The van der Waals surface area contributed by atoms with E-state index in [0.29, 0.717) is 19.3 Å². The molecule has 58 heavy (non-hydrogen) atoms. The standard InChI is InChI=1S/C47H76NO9P/c1-3-5-7-8-9-10-11-12-13-14-15-16-17-18-23-26-29-32-35-39-47(51)57-45(43-56-58(52,53)55-41-40-48)42-54-46(50)38-34-31-28-25-22-20-19-21-24-27-30-33-37-44(49)36-6-4-2/h5,7,9-10,12-13,15-16,18-20,23-25,27-28,33,37,44-45,49H,3-4,6,8,11,14,17,21-22,26,29-32,34-36,38-43,48H2,1-2H3,(H,52,53)/b7-5-,10-9-,13-12-,16-15-,20-19-,23-18-,27-24-,28-25-,37-33-/t44-,45+/m0/s1. The highest BCUT2D eigenvalue weighted by Gasteiger charge is 2.25. The van der Waals surface area contributed by atoms with E-state index in [2.05, 4.69) is 98.9 Å². The van der Waals surface area contributed by atoms with E-state index >= 15 is 0 Å². The number of unbranched alkanes of at least 4 members (excludes halogenated alkanes) is 5. The number of phosphoric acid groups is 1. The fourth-order valence-corrected chi connectivity index (χ4v) is 5.79. The van der Waals surface area contributed by atoms with Gasteiger partial charge in [0.15, 0.2) is 6.10 Å². The third-order valence-corrected chi connectivity index (χ3v) is 9.20. The van der Waals surface area contributed by atoms with Gasteiger partial charge in [0.1, 0.15) is 6.61 Å². The molecule has 0 saturated carbocycles. The van der Waals surface area contributed by atoms with Crippen molar-refractivity contribution in [1.82, 2.24) is 0 Å². The van der Waals surface area contributed by atoms with Gasteiger partial charge in [-0.25, -0.2) is 4.57 Å². The minimum atomic E-state index is -4.42. The van der Waals surface area contributed by atoms with Crippen molar-refractivity contribution in [2.24, 2.45) is 5.73 Å². The molecule has 328 valence electrons. The lowest BCUT2D eigenvalue weighted by atomic mass is 10.1. The quantitative estimate of drug-likeness (QED) is 0.0237. The molecule has 0 aromatic rings. The summed E-state index contributed by atoms with van der Waals surface area (Å²) in [6, 6.07) is 0. The second-order valence-electron chi connectivity index (χ2n) is 13.6. The lowest BCUT2D eigenvalue weighted by Crippen LogP contribution is -2.29. The predicted octanol–water partition coefficient (Wildman–Crippen LogP) is 11.4. The number of hydrogen-bond donors (Lipinski definition) is 3. The molecule has 11 heteroatoms. The molecule has 0 spiro atoms. The van der Waals surface area contributed by atoms with Crippen LogP contribution in [-0.4, -0.2) is 60.5 Å². The van der Waals surface area contributed by atoms with Crippen molar-refractivity contribution < 1.29 is 42.7 Å². The molecule has 0 aromatic carbocycles. The summed E-state index contributed by atoms with van der Waals surface area (Å²) >= 11 is 0. The first-order chi connectivity index (χ1) is 28.2. The van der Waals surface area contributed by atoms with Crippen LogP contribution in [-0.2, 0) is 32.7 Å². The first kappa shape index (κ1) is 54.6. The van der Waals surface area contributed by atoms with Crippen LogP contribution in [0.3, 0.4) is 0 Å². The number of hydrogen-bond acceptors (Lipinski definition) is 9. The van der Waals surface area contributed by atoms with Gasteiger partial charge in [-0.15, -0.1) is 0 Å². The summed E-state index contributed by atoms with van der Waals surface area (Å²) in [6.45, 7) is 3.31. The molecule has 0 rings (SSSR count). The molecule has 0 amide bonds. The SMILES string of the molecule is CC/C=C\C/C=C\C/C=C\C/C=C\C/C=C\CCCCCC(=O)O[C@H](COC(=O)CCC/C=C\C/C=C\C/C=C\C/C=C\[C@@H](O)CCCC)COP(=O)(O)OCCN. The van der Waals surface area contributed by atoms with E-state index < -0.39 is 32.5 Å². The van der Waals surface area contributed by atoms with Crippen LogP contribution in [0.2, 0.25) is 0 Å². The minimum Gasteiger partial charge on any atom is -0.462 e. The number of carbonyl (C=O) groups is 2. The van der Waals surface area contributed by atoms with Crippen molar-refractivity contribution in [3.63, 3.8) is 0 Å². The van der Waals surface area contributed by atoms with Gasteiger partial charge in [-0.2, -0.15) is 0 Å². The Kier molecular flexibility index (Phi) is 39.4. The van der Waals surface area contributed by atoms with E-state index in [4.69, 9.17) is 24.3 Å². The second-order valence-corrected chi connectivity index (χ2v) is 15.1. The van der Waals surface area contributed by atoms with Crippen LogP contribution in [0.1, 0.15) is 136 Å². The van der Waals surface area contributed by atoms with Crippen LogP contribution in [0.4, 0.5) is 0 Å². The number of nitrogens with two attached hydrogens (primary N) is 1. The summed E-state index contributed by atoms with van der Waals surface area (Å²) in [5, 5.41) is 9.81. The van der Waals surface area contributed by atoms with E-state index in [0.717, 1.165) is 89.9 Å². The van der Waals surface area contributed by atoms with Gasteiger partial charge in [-0.05, 0) is 89.9 Å². The number of phosphoric ester groups is 1. The molecule has 0 aliphatic carbocycles. The number of allylic oxidation sites excluding steroid dienone is 17. The topological polar surface area (TPSA) is 155 Å². The number of rotatable bonds is 38. The molecular weight excluding hydrogens is 753 g/mol. The van der Waals surface area contributed by atoms with Gasteiger partial charge in [-0.1, -0.05) is 142 Å². The summed E-state index contributed by atoms with van der Waals surface area (Å²) in [4.78, 5) is 34.8. The van der Waals surface area contributed by atoms with Crippen molar-refractivity contribution >= 4 is 19.8 Å². The monoisotopic (exact) mass is 830 g/mol. The first-order valence-corrected chi connectivity index (χ1v) is 22.9. The van der Waals surface area contributed by atoms with Crippen molar-refractivity contribution in [3.8, 4) is 0 Å². The van der Waals surface area contributed by atoms with Gasteiger partial charge in [0, 0.05) is 19.4 Å². The Bertz CT molecular complexity index is 1330. The maximum atomic E-state index is 12.6. The van der Waals surface area contributed by atoms with Crippen molar-refractivity contribution in [2.75, 3.05) is 26.4 Å². The molecular formula is C47H76NO9P. The molecule has 0 saturated heterocycles. The highest BCUT2D eigenvalue weighted by atomic mass is 31.2. The molecule has 0 aromatic heterocycles. The zero-order valence-electron chi connectivity index (χ0n) is 35.6. The van der Waals surface area contributed by atoms with Gasteiger partial charge in [0.25, 0.3) is 0 Å². The highest BCUT2D eigenvalue weighted by molar-refractivity contribution is 7.47. The summed E-state index contributed by atoms with van der Waals surface area (Å²) in [7, 11) is -4.42. The minimum absolute atomic E-state index is 0.0274. The van der Waals surface area contributed by atoms with Crippen molar-refractivity contribution in [3.05, 3.63) is 109 Å². The molecule has 0 aliphatic rings. The van der Waals surface area contributed by atoms with Gasteiger partial charge in [-0.3, -0.25) is 18.6 Å². The first-order valence-electron chi connectivity index (χ1n) is 21.5. The summed E-state index contributed by atoms with van der Waals surface area (Å²) < 4.78 is 32.7. The number of carbonyl (C=O) groups excluding carboxylic acids is 2. The lowest BCUT2D eigenvalue weighted by Gasteiger charge is -2.19. The summed E-state index contributed by atoms with van der Waals surface area (Å²) in [6.07, 6.45) is 51.7. The Balaban J connectivity index is 4.38. The van der Waals surface area contributed by atoms with Crippen molar-refractivity contribution in [1.29, 1.82) is 0 Å². The Morgan fingerprint density at radius 3 is 1.64 bits per heavy atom. The van der Waals surface area contributed by atoms with E-state index in [1.807, 2.05) is 24.3 Å². The largest absolute Gasteiger partial charge is 0.472 e. The maximum Gasteiger partial charge on any atom is 0.472 e. The molecule has 10 nitrogen and oxygen atoms in total. The fourth-order valence-electron chi connectivity index (χ4n) is 5.02. The normalized spacial score (nSPS) is 14.9. The van der Waals surface area contributed by atoms with Crippen molar-refractivity contribution in [2.45, 2.75) is 148 Å². The zero-order chi connectivity index (χ0) is 42.6. The zero-order valence-corrected chi connectivity index (χ0v) is 36.5. The van der Waals surface area contributed by atoms with Crippen LogP contribution >= 0.6 is 7.82 Å². The Morgan fingerprint density at radius 2 is 1.10 bits per heavy atom. The molecule has 1 unspecified atom stereocenters. The van der Waals surface area contributed by atoms with Gasteiger partial charge in [0.05, 0.1) is 19.3 Å². The lowest BCUT2D eigenvalue weighted by molar-refractivity contribution is -0.161. The highest BCUT2D eigenvalue weighted by Crippen LogP contribution is 2.43. The molecule has 0 fully saturated rings. The number of ether oxygens (including phenoxy) is 2. The number of aliphatic hydroxyl groups is 1. The van der Waals surface area contributed by atoms with Crippen LogP contribution in [0.15, 0.2) is 109 Å². The Hall–Kier alpha value is -3.37. The smallest absolute Gasteiger partial charge is 0.462 e. The van der Waals surface area contributed by atoms with Crippen LogP contribution in [0, 0.1) is 0 Å². The van der Waals surface area contributed by atoms with Gasteiger partial charge < -0.3 is 25.2 Å². The number of esters is 2. The van der Waals surface area contributed by atoms with Gasteiger partial charge >= 0.3 is 19.8 Å². The van der Waals surface area contributed by atoms with E-state index in [9.17, 15) is 24.2 Å². The second kappa shape index (κ2) is 41.8. The maximum absolute atomic E-state index is 12.6.